The summed E-state index contributed by atoms with van der Waals surface area (Å²) in [6.45, 7) is 4.45. The molecular formula is C17H22N2O3S. The normalized spacial score (nSPS) is 10.6. The highest BCUT2D eigenvalue weighted by atomic mass is 32.2. The Morgan fingerprint density at radius 2 is 2.04 bits per heavy atom. The first-order chi connectivity index (χ1) is 11.1. The van der Waals surface area contributed by atoms with Gasteiger partial charge in [0.25, 0.3) is 0 Å². The van der Waals surface area contributed by atoms with E-state index < -0.39 is 0 Å². The lowest BCUT2D eigenvalue weighted by Crippen LogP contribution is -2.27. The molecular weight excluding hydrogens is 312 g/mol. The Bertz CT molecular complexity index is 618. The van der Waals surface area contributed by atoms with E-state index in [1.807, 2.05) is 38.1 Å². The number of thioether (sulfide) groups is 1. The zero-order chi connectivity index (χ0) is 16.7. The van der Waals surface area contributed by atoms with Crippen molar-refractivity contribution in [3.05, 3.63) is 46.8 Å². The number of nitrogens with one attached hydrogen (secondary N) is 1. The fourth-order valence-electron chi connectivity index (χ4n) is 2.14. The number of rotatable bonds is 8. The van der Waals surface area contributed by atoms with Crippen LogP contribution in [0.4, 0.5) is 0 Å². The van der Waals surface area contributed by atoms with Crippen LogP contribution >= 0.6 is 11.8 Å². The number of hydrogen-bond acceptors (Lipinski definition) is 5. The molecule has 0 saturated heterocycles. The van der Waals surface area contributed by atoms with Crippen LogP contribution in [0.2, 0.25) is 0 Å². The second-order valence-electron chi connectivity index (χ2n) is 5.24. The monoisotopic (exact) mass is 334 g/mol. The lowest BCUT2D eigenvalue weighted by molar-refractivity contribution is -0.118. The van der Waals surface area contributed by atoms with Crippen LogP contribution in [0.15, 0.2) is 28.8 Å². The molecule has 0 spiro atoms. The molecule has 6 heteroatoms. The highest BCUT2D eigenvalue weighted by molar-refractivity contribution is 7.99. The molecule has 0 fully saturated rings. The van der Waals surface area contributed by atoms with E-state index in [-0.39, 0.29) is 5.91 Å². The Hall–Kier alpha value is -1.95. The van der Waals surface area contributed by atoms with Gasteiger partial charge in [0.1, 0.15) is 11.5 Å². The Morgan fingerprint density at radius 3 is 2.65 bits per heavy atom. The predicted octanol–water partition coefficient (Wildman–Crippen LogP) is 2.89. The minimum Gasteiger partial charge on any atom is -0.497 e. The molecule has 2 rings (SSSR count). The molecule has 0 radical (unpaired) electrons. The van der Waals surface area contributed by atoms with Gasteiger partial charge < -0.3 is 14.6 Å². The molecule has 0 saturated carbocycles. The van der Waals surface area contributed by atoms with E-state index in [1.165, 1.54) is 5.56 Å². The van der Waals surface area contributed by atoms with Crippen LogP contribution in [0.3, 0.4) is 0 Å². The second-order valence-corrected chi connectivity index (χ2v) is 6.23. The third-order valence-electron chi connectivity index (χ3n) is 3.56. The summed E-state index contributed by atoms with van der Waals surface area (Å²) in [6.07, 6.45) is 0.810. The number of carbonyl (C=O) groups is 1. The number of carbonyl (C=O) groups excluding carboxylic acids is 1. The minimum absolute atomic E-state index is 0.0512. The Balaban J connectivity index is 1.65. The number of ether oxygens (including phenoxy) is 1. The van der Waals surface area contributed by atoms with Gasteiger partial charge in [0.05, 0.1) is 18.6 Å². The standard InChI is InChI=1S/C17H22N2O3S/c1-12-16(13(2)22-19-12)10-23-11-17(20)18-9-8-14-4-6-15(21-3)7-5-14/h4-7H,8-11H2,1-3H3,(H,18,20). The Morgan fingerprint density at radius 1 is 1.30 bits per heavy atom. The van der Waals surface area contributed by atoms with Crippen molar-refractivity contribution >= 4 is 17.7 Å². The average molecular weight is 334 g/mol. The number of hydrogen-bond donors (Lipinski definition) is 1. The summed E-state index contributed by atoms with van der Waals surface area (Å²) in [6, 6.07) is 7.88. The van der Waals surface area contributed by atoms with E-state index in [9.17, 15) is 4.79 Å². The summed E-state index contributed by atoms with van der Waals surface area (Å²) in [5.74, 6) is 2.90. The highest BCUT2D eigenvalue weighted by Crippen LogP contribution is 2.19. The van der Waals surface area contributed by atoms with E-state index in [0.29, 0.717) is 12.3 Å². The molecule has 124 valence electrons. The summed E-state index contributed by atoms with van der Waals surface area (Å²) >= 11 is 1.57. The first kappa shape index (κ1) is 17.4. The van der Waals surface area contributed by atoms with Gasteiger partial charge in [-0.3, -0.25) is 4.79 Å². The summed E-state index contributed by atoms with van der Waals surface area (Å²) in [4.78, 5) is 11.8. The molecule has 0 bridgehead atoms. The van der Waals surface area contributed by atoms with Crippen molar-refractivity contribution < 1.29 is 14.1 Å². The smallest absolute Gasteiger partial charge is 0.230 e. The van der Waals surface area contributed by atoms with E-state index in [0.717, 1.165) is 34.9 Å². The largest absolute Gasteiger partial charge is 0.497 e. The van der Waals surface area contributed by atoms with Gasteiger partial charge in [-0.1, -0.05) is 17.3 Å². The summed E-state index contributed by atoms with van der Waals surface area (Å²) in [5.41, 5.74) is 3.16. The number of nitrogens with zero attached hydrogens (tertiary/aromatic N) is 1. The lowest BCUT2D eigenvalue weighted by atomic mass is 10.1. The van der Waals surface area contributed by atoms with Crippen LogP contribution in [0.5, 0.6) is 5.75 Å². The van der Waals surface area contributed by atoms with Crippen LogP contribution < -0.4 is 10.1 Å². The van der Waals surface area contributed by atoms with Crippen molar-refractivity contribution in [2.75, 3.05) is 19.4 Å². The van der Waals surface area contributed by atoms with Crippen molar-refractivity contribution in [2.45, 2.75) is 26.0 Å². The van der Waals surface area contributed by atoms with Crippen molar-refractivity contribution in [3.8, 4) is 5.75 Å². The maximum atomic E-state index is 11.8. The van der Waals surface area contributed by atoms with Gasteiger partial charge in [0, 0.05) is 17.9 Å². The third kappa shape index (κ3) is 5.32. The molecule has 23 heavy (non-hydrogen) atoms. The lowest BCUT2D eigenvalue weighted by Gasteiger charge is -2.06. The molecule has 0 aliphatic rings. The van der Waals surface area contributed by atoms with E-state index in [1.54, 1.807) is 18.9 Å². The molecule has 0 unspecified atom stereocenters. The molecule has 1 heterocycles. The molecule has 1 amide bonds. The second kappa shape index (κ2) is 8.62. The number of aromatic nitrogens is 1. The summed E-state index contributed by atoms with van der Waals surface area (Å²) in [7, 11) is 1.65. The van der Waals surface area contributed by atoms with Gasteiger partial charge in [0.2, 0.25) is 5.91 Å². The van der Waals surface area contributed by atoms with Crippen LogP contribution in [0.1, 0.15) is 22.6 Å². The third-order valence-corrected chi connectivity index (χ3v) is 4.51. The van der Waals surface area contributed by atoms with Crippen LogP contribution in [-0.2, 0) is 17.0 Å². The average Bonchev–Trinajstić information content (AvgIpc) is 2.87. The molecule has 0 aliphatic heterocycles. The predicted molar refractivity (Wildman–Crippen MR) is 91.8 cm³/mol. The maximum absolute atomic E-state index is 11.8. The van der Waals surface area contributed by atoms with Gasteiger partial charge >= 0.3 is 0 Å². The van der Waals surface area contributed by atoms with Crippen molar-refractivity contribution in [1.29, 1.82) is 0 Å². The molecule has 2 aromatic rings. The molecule has 0 aliphatic carbocycles. The molecule has 1 aromatic carbocycles. The number of benzene rings is 1. The highest BCUT2D eigenvalue weighted by Gasteiger charge is 2.10. The van der Waals surface area contributed by atoms with Crippen LogP contribution in [0, 0.1) is 13.8 Å². The maximum Gasteiger partial charge on any atom is 0.230 e. The first-order valence-corrected chi connectivity index (χ1v) is 8.64. The summed E-state index contributed by atoms with van der Waals surface area (Å²) in [5, 5.41) is 6.85. The SMILES string of the molecule is COc1ccc(CCNC(=O)CSCc2c(C)noc2C)cc1. The molecule has 1 N–H and O–H groups in total. The quantitative estimate of drug-likeness (QED) is 0.804. The minimum atomic E-state index is 0.0512. The van der Waals surface area contributed by atoms with Gasteiger partial charge in [-0.2, -0.15) is 0 Å². The zero-order valence-electron chi connectivity index (χ0n) is 13.7. The van der Waals surface area contributed by atoms with Crippen molar-refractivity contribution in [3.63, 3.8) is 0 Å². The van der Waals surface area contributed by atoms with Crippen molar-refractivity contribution in [2.24, 2.45) is 0 Å². The summed E-state index contributed by atoms with van der Waals surface area (Å²) < 4.78 is 10.2. The van der Waals surface area contributed by atoms with E-state index in [2.05, 4.69) is 10.5 Å². The van der Waals surface area contributed by atoms with Gasteiger partial charge in [-0.25, -0.2) is 0 Å². The first-order valence-electron chi connectivity index (χ1n) is 7.49. The topological polar surface area (TPSA) is 64.4 Å². The van der Waals surface area contributed by atoms with E-state index in [4.69, 9.17) is 9.26 Å². The van der Waals surface area contributed by atoms with Crippen molar-refractivity contribution in [1.82, 2.24) is 10.5 Å². The van der Waals surface area contributed by atoms with Gasteiger partial charge in [-0.15, -0.1) is 11.8 Å². The fourth-order valence-corrected chi connectivity index (χ4v) is 3.15. The van der Waals surface area contributed by atoms with Crippen LogP contribution in [-0.4, -0.2) is 30.5 Å². The molecule has 5 nitrogen and oxygen atoms in total. The number of aryl methyl sites for hydroxylation is 2. The molecule has 0 atom stereocenters. The zero-order valence-corrected chi connectivity index (χ0v) is 14.5. The number of methoxy groups -OCH3 is 1. The van der Waals surface area contributed by atoms with E-state index >= 15 is 0 Å². The van der Waals surface area contributed by atoms with Gasteiger partial charge in [-0.05, 0) is 38.0 Å². The van der Waals surface area contributed by atoms with Crippen LogP contribution in [0.25, 0.3) is 0 Å². The Kier molecular flexibility index (Phi) is 6.52. The van der Waals surface area contributed by atoms with Gasteiger partial charge in [0.15, 0.2) is 0 Å². The molecule has 1 aromatic heterocycles. The fraction of sp³-hybridized carbons (Fsp3) is 0.412. The Labute approximate surface area is 140 Å². The number of amides is 1.